The highest BCUT2D eigenvalue weighted by atomic mass is 127. The van der Waals surface area contributed by atoms with Gasteiger partial charge >= 0.3 is 0 Å². The first-order chi connectivity index (χ1) is 9.86. The van der Waals surface area contributed by atoms with E-state index in [-0.39, 0.29) is 17.1 Å². The molecule has 2 amide bonds. The molecule has 122 valence electrons. The van der Waals surface area contributed by atoms with Crippen molar-refractivity contribution in [1.82, 2.24) is 10.6 Å². The Morgan fingerprint density at radius 3 is 2.52 bits per heavy atom. The summed E-state index contributed by atoms with van der Waals surface area (Å²) in [5.74, 6) is -0.425. The van der Waals surface area contributed by atoms with Gasteiger partial charge in [0.2, 0.25) is 5.91 Å². The quantitative estimate of drug-likeness (QED) is 0.147. The lowest BCUT2D eigenvalue weighted by Gasteiger charge is -2.42. The van der Waals surface area contributed by atoms with Crippen LogP contribution in [-0.2, 0) is 14.3 Å². The van der Waals surface area contributed by atoms with Gasteiger partial charge < -0.3 is 35.4 Å². The van der Waals surface area contributed by atoms with Crippen LogP contribution in [0.25, 0.3) is 0 Å². The van der Waals surface area contributed by atoms with Crippen molar-refractivity contribution in [3.63, 3.8) is 0 Å². The van der Waals surface area contributed by atoms with Crippen molar-refractivity contribution in [3.8, 4) is 0 Å². The van der Waals surface area contributed by atoms with Crippen LogP contribution < -0.4 is 10.6 Å². The molecule has 0 aromatic heterocycles. The second-order valence-electron chi connectivity index (χ2n) is 4.50. The molecule has 1 aliphatic heterocycles. The maximum Gasteiger partial charge on any atom is 0.280 e. The monoisotopic (exact) mass is 418 g/mol. The SMILES string of the molecule is CC(=O)NC1C(OCCNC(=O)I)OC(CO)C(O)C1O. The maximum absolute atomic E-state index is 11.2. The summed E-state index contributed by atoms with van der Waals surface area (Å²) in [6.07, 6.45) is -4.76. The predicted octanol–water partition coefficient (Wildman–Crippen LogP) is -1.91. The summed E-state index contributed by atoms with van der Waals surface area (Å²) in [4.78, 5) is 21.9. The van der Waals surface area contributed by atoms with Crippen molar-refractivity contribution in [2.75, 3.05) is 19.8 Å². The van der Waals surface area contributed by atoms with Crippen LogP contribution in [0.2, 0.25) is 0 Å². The van der Waals surface area contributed by atoms with Gasteiger partial charge in [-0.2, -0.15) is 0 Å². The van der Waals surface area contributed by atoms with Gasteiger partial charge in [-0.05, 0) is 0 Å². The van der Waals surface area contributed by atoms with Gasteiger partial charge in [-0.25, -0.2) is 0 Å². The summed E-state index contributed by atoms with van der Waals surface area (Å²) in [6.45, 7) is 1.05. The molecule has 0 radical (unpaired) electrons. The van der Waals surface area contributed by atoms with Gasteiger partial charge in [0.05, 0.1) is 13.2 Å². The third-order valence-electron chi connectivity index (χ3n) is 2.90. The molecule has 1 aliphatic rings. The van der Waals surface area contributed by atoms with E-state index in [0.29, 0.717) is 0 Å². The molecule has 0 aliphatic carbocycles. The Kier molecular flexibility index (Phi) is 7.76. The van der Waals surface area contributed by atoms with Crippen molar-refractivity contribution in [3.05, 3.63) is 0 Å². The number of hydrogen-bond donors (Lipinski definition) is 5. The lowest BCUT2D eigenvalue weighted by atomic mass is 9.97. The number of carbonyl (C=O) groups is 2. The highest BCUT2D eigenvalue weighted by molar-refractivity contribution is 14.1. The Bertz CT molecular complexity index is 370. The third kappa shape index (κ3) is 5.64. The Hall–Kier alpha value is -0.530. The van der Waals surface area contributed by atoms with Gasteiger partial charge in [0.1, 0.15) is 24.4 Å². The fraction of sp³-hybridized carbons (Fsp3) is 0.818. The number of hydrogen-bond acceptors (Lipinski definition) is 7. The maximum atomic E-state index is 11.2. The van der Waals surface area contributed by atoms with Gasteiger partial charge in [-0.1, -0.05) is 0 Å². The average Bonchev–Trinajstić information content (AvgIpc) is 2.41. The summed E-state index contributed by atoms with van der Waals surface area (Å²) in [5.41, 5.74) is 0. The minimum atomic E-state index is -1.35. The van der Waals surface area contributed by atoms with Crippen molar-refractivity contribution in [2.24, 2.45) is 0 Å². The van der Waals surface area contributed by atoms with Gasteiger partial charge in [0.15, 0.2) is 6.29 Å². The highest BCUT2D eigenvalue weighted by Crippen LogP contribution is 2.22. The third-order valence-corrected chi connectivity index (χ3v) is 3.28. The van der Waals surface area contributed by atoms with E-state index in [1.54, 1.807) is 22.6 Å². The predicted molar refractivity (Wildman–Crippen MR) is 78.7 cm³/mol. The number of amides is 2. The van der Waals surface area contributed by atoms with Gasteiger partial charge in [0, 0.05) is 36.1 Å². The summed E-state index contributed by atoms with van der Waals surface area (Å²) in [5, 5.41) is 33.8. The molecule has 21 heavy (non-hydrogen) atoms. The van der Waals surface area contributed by atoms with Crippen molar-refractivity contribution < 1.29 is 34.4 Å². The number of ether oxygens (including phenoxy) is 2. The van der Waals surface area contributed by atoms with E-state index < -0.39 is 43.2 Å². The zero-order valence-electron chi connectivity index (χ0n) is 11.4. The van der Waals surface area contributed by atoms with Crippen molar-refractivity contribution >= 4 is 32.4 Å². The Morgan fingerprint density at radius 1 is 1.33 bits per heavy atom. The van der Waals surface area contributed by atoms with E-state index in [1.807, 2.05) is 0 Å². The zero-order chi connectivity index (χ0) is 16.0. The summed E-state index contributed by atoms with van der Waals surface area (Å²) in [6, 6.07) is -0.976. The smallest absolute Gasteiger partial charge is 0.280 e. The van der Waals surface area contributed by atoms with E-state index in [9.17, 15) is 19.8 Å². The number of aliphatic hydroxyl groups is 3. The van der Waals surface area contributed by atoms with E-state index in [1.165, 1.54) is 6.92 Å². The molecular formula is C11H19IN2O7. The molecule has 0 bridgehead atoms. The second kappa shape index (κ2) is 8.80. The van der Waals surface area contributed by atoms with Crippen molar-refractivity contribution in [1.29, 1.82) is 0 Å². The Labute approximate surface area is 135 Å². The van der Waals surface area contributed by atoms with Gasteiger partial charge in [-0.3, -0.25) is 9.59 Å². The Morgan fingerprint density at radius 2 is 2.00 bits per heavy atom. The zero-order valence-corrected chi connectivity index (χ0v) is 13.5. The fourth-order valence-corrected chi connectivity index (χ4v) is 2.21. The molecule has 5 atom stereocenters. The summed E-state index contributed by atoms with van der Waals surface area (Å²) in [7, 11) is 0. The van der Waals surface area contributed by atoms with Crippen LogP contribution in [0.3, 0.4) is 0 Å². The largest absolute Gasteiger partial charge is 0.394 e. The topological polar surface area (TPSA) is 137 Å². The average molecular weight is 418 g/mol. The number of rotatable bonds is 6. The molecular weight excluding hydrogens is 399 g/mol. The van der Waals surface area contributed by atoms with Crippen LogP contribution in [0.1, 0.15) is 6.92 Å². The fourth-order valence-electron chi connectivity index (χ4n) is 1.94. The molecule has 1 rings (SSSR count). The molecule has 5 unspecified atom stereocenters. The lowest BCUT2D eigenvalue weighted by Crippen LogP contribution is -2.64. The molecule has 0 aromatic rings. The standard InChI is InChI=1S/C11H19IN2O7/c1-5(16)14-7-9(18)8(17)6(4-15)21-10(7)20-3-2-13-11(12)19/h6-10,15,17-18H,2-4H2,1H3,(H,13,19)(H,14,16). The molecule has 0 aromatic carbocycles. The molecule has 9 nitrogen and oxygen atoms in total. The summed E-state index contributed by atoms with van der Waals surface area (Å²) < 4.78 is 10.4. The van der Waals surface area contributed by atoms with Crippen LogP contribution in [0, 0.1) is 0 Å². The van der Waals surface area contributed by atoms with E-state index >= 15 is 0 Å². The van der Waals surface area contributed by atoms with Crippen LogP contribution in [0.5, 0.6) is 0 Å². The minimum Gasteiger partial charge on any atom is -0.394 e. The molecule has 1 heterocycles. The minimum absolute atomic E-state index is 0.0798. The molecule has 0 saturated carbocycles. The van der Waals surface area contributed by atoms with Gasteiger partial charge in [0.25, 0.3) is 3.91 Å². The molecule has 5 N–H and O–H groups in total. The molecule has 10 heteroatoms. The summed E-state index contributed by atoms with van der Waals surface area (Å²) >= 11 is 1.57. The molecule has 1 saturated heterocycles. The van der Waals surface area contributed by atoms with Crippen LogP contribution >= 0.6 is 22.6 Å². The highest BCUT2D eigenvalue weighted by Gasteiger charge is 2.45. The number of nitrogens with one attached hydrogen (secondary N) is 2. The molecule has 0 spiro atoms. The first-order valence-corrected chi connectivity index (χ1v) is 7.39. The van der Waals surface area contributed by atoms with E-state index in [4.69, 9.17) is 14.6 Å². The number of aliphatic hydroxyl groups excluding tert-OH is 3. The Balaban J connectivity index is 2.64. The number of carbonyl (C=O) groups excluding carboxylic acids is 2. The van der Waals surface area contributed by atoms with E-state index in [0.717, 1.165) is 0 Å². The van der Waals surface area contributed by atoms with Crippen LogP contribution in [-0.4, -0.2) is 75.5 Å². The first-order valence-electron chi connectivity index (χ1n) is 6.31. The lowest BCUT2D eigenvalue weighted by molar-refractivity contribution is -0.269. The van der Waals surface area contributed by atoms with Crippen molar-refractivity contribution in [2.45, 2.75) is 37.6 Å². The van der Waals surface area contributed by atoms with E-state index in [2.05, 4.69) is 10.6 Å². The second-order valence-corrected chi connectivity index (χ2v) is 5.48. The van der Waals surface area contributed by atoms with Crippen LogP contribution in [0.4, 0.5) is 4.79 Å². The number of halogens is 1. The normalized spacial score (nSPS) is 32.5. The van der Waals surface area contributed by atoms with Gasteiger partial charge in [-0.15, -0.1) is 0 Å². The first kappa shape index (κ1) is 18.5. The van der Waals surface area contributed by atoms with Crippen LogP contribution in [0.15, 0.2) is 0 Å². The molecule has 1 fully saturated rings.